The molecule has 0 bridgehead atoms. The first-order chi connectivity index (χ1) is 11.6. The van der Waals surface area contributed by atoms with Gasteiger partial charge in [0.05, 0.1) is 6.04 Å². The van der Waals surface area contributed by atoms with Crippen molar-refractivity contribution in [3.63, 3.8) is 0 Å². The number of carbonyl (C=O) groups excluding carboxylic acids is 1. The normalized spacial score (nSPS) is 15.8. The predicted octanol–water partition coefficient (Wildman–Crippen LogP) is 3.06. The molecular weight excluding hydrogens is 300 g/mol. The lowest BCUT2D eigenvalue weighted by atomic mass is 9.98. The highest BCUT2D eigenvalue weighted by atomic mass is 16.1. The summed E-state index contributed by atoms with van der Waals surface area (Å²) in [5.74, 6) is 2.38. The summed E-state index contributed by atoms with van der Waals surface area (Å²) >= 11 is 0. The van der Waals surface area contributed by atoms with E-state index in [-0.39, 0.29) is 11.9 Å². The average molecular weight is 326 g/mol. The van der Waals surface area contributed by atoms with Gasteiger partial charge in [0.2, 0.25) is 5.91 Å². The van der Waals surface area contributed by atoms with Crippen LogP contribution >= 0.6 is 0 Å². The largest absolute Gasteiger partial charge is 0.346 e. The Morgan fingerprint density at radius 3 is 2.83 bits per heavy atom. The number of nitrogens with zero attached hydrogens (tertiary/aromatic N) is 3. The quantitative estimate of drug-likeness (QED) is 0.850. The zero-order valence-corrected chi connectivity index (χ0v) is 14.5. The van der Waals surface area contributed by atoms with E-state index in [1.165, 1.54) is 5.56 Å². The number of amides is 1. The maximum atomic E-state index is 12.3. The fourth-order valence-electron chi connectivity index (χ4n) is 3.33. The van der Waals surface area contributed by atoms with Crippen LogP contribution in [0.3, 0.4) is 0 Å². The minimum Gasteiger partial charge on any atom is -0.346 e. The van der Waals surface area contributed by atoms with Crippen LogP contribution in [0.2, 0.25) is 0 Å². The van der Waals surface area contributed by atoms with Crippen LogP contribution in [0.15, 0.2) is 30.3 Å². The molecule has 1 N–H and O–H groups in total. The molecule has 1 aromatic heterocycles. The minimum atomic E-state index is -0.0850. The van der Waals surface area contributed by atoms with Crippen LogP contribution in [0.4, 0.5) is 0 Å². The lowest BCUT2D eigenvalue weighted by Gasteiger charge is -2.16. The number of aryl methyl sites for hydroxylation is 2. The van der Waals surface area contributed by atoms with Gasteiger partial charge in [-0.25, -0.2) is 0 Å². The van der Waals surface area contributed by atoms with Gasteiger partial charge in [-0.05, 0) is 37.7 Å². The molecule has 2 heterocycles. The maximum Gasteiger partial charge on any atom is 0.220 e. The summed E-state index contributed by atoms with van der Waals surface area (Å²) in [7, 11) is 0. The van der Waals surface area contributed by atoms with E-state index in [4.69, 9.17) is 0 Å². The second kappa shape index (κ2) is 7.60. The molecule has 0 aliphatic carbocycles. The third-order valence-corrected chi connectivity index (χ3v) is 4.71. The molecule has 2 atom stereocenters. The Labute approximate surface area is 143 Å². The zero-order chi connectivity index (χ0) is 16.9. The Bertz CT molecular complexity index is 680. The fourth-order valence-corrected chi connectivity index (χ4v) is 3.33. The van der Waals surface area contributed by atoms with Crippen LogP contribution in [0.5, 0.6) is 0 Å². The van der Waals surface area contributed by atoms with Gasteiger partial charge in [-0.2, -0.15) is 0 Å². The number of fused-ring (bicyclic) bond motifs is 1. The van der Waals surface area contributed by atoms with E-state index in [9.17, 15) is 4.79 Å². The van der Waals surface area contributed by atoms with Crippen molar-refractivity contribution in [3.05, 3.63) is 47.5 Å². The van der Waals surface area contributed by atoms with Crippen molar-refractivity contribution in [3.8, 4) is 0 Å². The molecule has 24 heavy (non-hydrogen) atoms. The van der Waals surface area contributed by atoms with Crippen molar-refractivity contribution in [2.45, 2.75) is 58.5 Å². The van der Waals surface area contributed by atoms with Crippen molar-refractivity contribution in [2.75, 3.05) is 0 Å². The molecule has 0 fully saturated rings. The van der Waals surface area contributed by atoms with Crippen molar-refractivity contribution in [2.24, 2.45) is 5.92 Å². The van der Waals surface area contributed by atoms with E-state index in [1.807, 2.05) is 13.0 Å². The molecule has 3 rings (SSSR count). The molecule has 2 aromatic rings. The van der Waals surface area contributed by atoms with E-state index in [0.717, 1.165) is 43.9 Å². The number of nitrogens with one attached hydrogen (secondary N) is 1. The number of hydrogen-bond acceptors (Lipinski definition) is 3. The molecule has 5 nitrogen and oxygen atoms in total. The Morgan fingerprint density at radius 1 is 1.25 bits per heavy atom. The average Bonchev–Trinajstić information content (AvgIpc) is 3.16. The van der Waals surface area contributed by atoms with Crippen LogP contribution in [-0.4, -0.2) is 20.7 Å². The van der Waals surface area contributed by atoms with Crippen LogP contribution in [-0.2, 0) is 24.2 Å². The van der Waals surface area contributed by atoms with Gasteiger partial charge in [-0.3, -0.25) is 4.79 Å². The highest BCUT2D eigenvalue weighted by Crippen LogP contribution is 2.19. The predicted molar refractivity (Wildman–Crippen MR) is 93.4 cm³/mol. The van der Waals surface area contributed by atoms with Crippen molar-refractivity contribution in [1.82, 2.24) is 20.1 Å². The van der Waals surface area contributed by atoms with E-state index in [2.05, 4.69) is 51.3 Å². The second-order valence-corrected chi connectivity index (χ2v) is 6.85. The topological polar surface area (TPSA) is 59.8 Å². The third kappa shape index (κ3) is 4.02. The molecule has 1 amide bonds. The number of rotatable bonds is 7. The molecular formula is C19H26N4O. The number of benzene rings is 1. The molecule has 1 aliphatic rings. The van der Waals surface area contributed by atoms with Gasteiger partial charge in [-0.15, -0.1) is 10.2 Å². The van der Waals surface area contributed by atoms with Crippen molar-refractivity contribution in [1.29, 1.82) is 0 Å². The van der Waals surface area contributed by atoms with Gasteiger partial charge < -0.3 is 9.88 Å². The number of aromatic nitrogens is 3. The molecule has 0 spiro atoms. The third-order valence-electron chi connectivity index (χ3n) is 4.71. The molecule has 128 valence electrons. The molecule has 0 saturated heterocycles. The summed E-state index contributed by atoms with van der Waals surface area (Å²) in [5.41, 5.74) is 1.33. The Balaban J connectivity index is 1.46. The molecule has 0 unspecified atom stereocenters. The standard InChI is InChI=1S/C19H26N4O/c1-14(10-11-16-7-4-3-5-8-16)13-18(24)20-15(2)19-22-21-17-9-6-12-23(17)19/h3-5,7-8,14-15H,6,9-13H2,1-2H3,(H,20,24)/t14-,15+/m0/s1. The fraction of sp³-hybridized carbons (Fsp3) is 0.526. The van der Waals surface area contributed by atoms with E-state index < -0.39 is 0 Å². The lowest BCUT2D eigenvalue weighted by molar-refractivity contribution is -0.122. The summed E-state index contributed by atoms with van der Waals surface area (Å²) in [4.78, 5) is 12.3. The maximum absolute atomic E-state index is 12.3. The lowest BCUT2D eigenvalue weighted by Crippen LogP contribution is -2.29. The zero-order valence-electron chi connectivity index (χ0n) is 14.5. The number of carbonyl (C=O) groups is 1. The van der Waals surface area contributed by atoms with Crippen LogP contribution < -0.4 is 5.32 Å². The van der Waals surface area contributed by atoms with Gasteiger partial charge >= 0.3 is 0 Å². The van der Waals surface area contributed by atoms with Crippen molar-refractivity contribution < 1.29 is 4.79 Å². The van der Waals surface area contributed by atoms with Crippen molar-refractivity contribution >= 4 is 5.91 Å². The summed E-state index contributed by atoms with van der Waals surface area (Å²) in [6, 6.07) is 10.3. The summed E-state index contributed by atoms with van der Waals surface area (Å²) in [5, 5.41) is 11.5. The first kappa shape index (κ1) is 16.7. The molecule has 1 aliphatic heterocycles. The molecule has 0 saturated carbocycles. The van der Waals surface area contributed by atoms with Gasteiger partial charge in [0.1, 0.15) is 5.82 Å². The van der Waals surface area contributed by atoms with Crippen LogP contribution in [0.1, 0.15) is 56.4 Å². The van der Waals surface area contributed by atoms with E-state index >= 15 is 0 Å². The first-order valence-corrected chi connectivity index (χ1v) is 8.88. The minimum absolute atomic E-state index is 0.0850. The van der Waals surface area contributed by atoms with E-state index in [0.29, 0.717) is 12.3 Å². The summed E-state index contributed by atoms with van der Waals surface area (Å²) < 4.78 is 2.14. The Morgan fingerprint density at radius 2 is 2.04 bits per heavy atom. The molecule has 0 radical (unpaired) electrons. The first-order valence-electron chi connectivity index (χ1n) is 8.88. The van der Waals surface area contributed by atoms with Gasteiger partial charge in [0.15, 0.2) is 5.82 Å². The Hall–Kier alpha value is -2.17. The number of hydrogen-bond donors (Lipinski definition) is 1. The highest BCUT2D eigenvalue weighted by Gasteiger charge is 2.22. The SMILES string of the molecule is C[C@@H](CCc1ccccc1)CC(=O)N[C@H](C)c1nnc2n1CCC2. The molecule has 1 aromatic carbocycles. The van der Waals surface area contributed by atoms with Gasteiger partial charge in [0.25, 0.3) is 0 Å². The van der Waals surface area contributed by atoms with Crippen LogP contribution in [0.25, 0.3) is 0 Å². The smallest absolute Gasteiger partial charge is 0.220 e. The van der Waals surface area contributed by atoms with Gasteiger partial charge in [0, 0.05) is 19.4 Å². The summed E-state index contributed by atoms with van der Waals surface area (Å²) in [6.07, 6.45) is 4.70. The van der Waals surface area contributed by atoms with Gasteiger partial charge in [-0.1, -0.05) is 37.3 Å². The van der Waals surface area contributed by atoms with E-state index in [1.54, 1.807) is 0 Å². The second-order valence-electron chi connectivity index (χ2n) is 6.85. The monoisotopic (exact) mass is 326 g/mol. The molecule has 5 heteroatoms. The Kier molecular flexibility index (Phi) is 5.28. The highest BCUT2D eigenvalue weighted by molar-refractivity contribution is 5.76. The van der Waals surface area contributed by atoms with Crippen LogP contribution in [0, 0.1) is 5.92 Å². The summed E-state index contributed by atoms with van der Waals surface area (Å²) in [6.45, 7) is 5.09.